The van der Waals surface area contributed by atoms with Gasteiger partial charge in [-0.25, -0.2) is 9.37 Å². The van der Waals surface area contributed by atoms with Gasteiger partial charge in [-0.2, -0.15) is 9.61 Å². The predicted molar refractivity (Wildman–Crippen MR) is 106 cm³/mol. The van der Waals surface area contributed by atoms with Crippen LogP contribution in [0.3, 0.4) is 0 Å². The minimum Gasteiger partial charge on any atom is -0.492 e. The van der Waals surface area contributed by atoms with E-state index in [9.17, 15) is 14.3 Å². The van der Waals surface area contributed by atoms with Crippen molar-refractivity contribution >= 4 is 22.2 Å². The summed E-state index contributed by atoms with van der Waals surface area (Å²) in [5.41, 5.74) is 0.886. The van der Waals surface area contributed by atoms with Gasteiger partial charge in [0.15, 0.2) is 11.8 Å². The number of fused-ring (bicyclic) bond motifs is 1. The molecule has 1 aliphatic heterocycles. The monoisotopic (exact) mass is 428 g/mol. The third-order valence-electron chi connectivity index (χ3n) is 5.44. The predicted octanol–water partition coefficient (Wildman–Crippen LogP) is 1.36. The van der Waals surface area contributed by atoms with Gasteiger partial charge in [0.25, 0.3) is 5.91 Å². The minimum absolute atomic E-state index is 0.0448. The lowest BCUT2D eigenvalue weighted by atomic mass is 10.0. The third-order valence-corrected chi connectivity index (χ3v) is 6.54. The summed E-state index contributed by atoms with van der Waals surface area (Å²) in [6.45, 7) is 2.44. The van der Waals surface area contributed by atoms with Crippen molar-refractivity contribution in [1.29, 1.82) is 0 Å². The van der Waals surface area contributed by atoms with Crippen molar-refractivity contribution in [2.24, 2.45) is 0 Å². The van der Waals surface area contributed by atoms with Crippen LogP contribution < -0.4 is 4.90 Å². The van der Waals surface area contributed by atoms with Crippen LogP contribution >= 0.6 is 11.3 Å². The molecule has 1 fully saturated rings. The Bertz CT molecular complexity index is 1160. The second-order valence-corrected chi connectivity index (χ2v) is 8.17. The first kappa shape index (κ1) is 18.8. The summed E-state index contributed by atoms with van der Waals surface area (Å²) in [6, 6.07) is 9.46. The van der Waals surface area contributed by atoms with Crippen LogP contribution in [0.15, 0.2) is 53.4 Å². The number of hydrogen-bond donors (Lipinski definition) is 2. The number of furan rings is 1. The van der Waals surface area contributed by atoms with Crippen LogP contribution in [0.25, 0.3) is 4.96 Å². The molecule has 2 N–H and O–H groups in total. The summed E-state index contributed by atoms with van der Waals surface area (Å²) in [5, 5.41) is 14.8. The Labute approximate surface area is 174 Å². The number of nitrogens with one attached hydrogen (secondary N) is 1. The molecule has 1 amide bonds. The molecule has 3 aromatic heterocycles. The van der Waals surface area contributed by atoms with E-state index in [1.54, 1.807) is 29.2 Å². The lowest BCUT2D eigenvalue weighted by Gasteiger charge is -2.36. The Kier molecular flexibility index (Phi) is 4.72. The molecule has 1 aliphatic rings. The summed E-state index contributed by atoms with van der Waals surface area (Å²) >= 11 is 1.37. The number of hydrogen-bond acceptors (Lipinski definition) is 6. The van der Waals surface area contributed by atoms with E-state index in [0.29, 0.717) is 36.9 Å². The standard InChI is InChI=1S/C20H18FN5O3S/c21-14-5-3-13(4-6-14)16(17-19(28)26-20(30-17)22-12-23-26)24-7-9-25(10-8-24)18(27)15-2-1-11-29-15/h1-6,11-12,16,28H,7-10H2/p+1/t16-/m0/s1. The molecule has 30 heavy (non-hydrogen) atoms. The first-order valence-electron chi connectivity index (χ1n) is 9.56. The smallest absolute Gasteiger partial charge is 0.289 e. The molecule has 0 unspecified atom stereocenters. The quantitative estimate of drug-likeness (QED) is 0.513. The van der Waals surface area contributed by atoms with E-state index in [1.807, 2.05) is 0 Å². The number of nitrogens with zero attached hydrogens (tertiary/aromatic N) is 4. The van der Waals surface area contributed by atoms with Gasteiger partial charge >= 0.3 is 0 Å². The molecule has 5 rings (SSSR count). The maximum Gasteiger partial charge on any atom is 0.289 e. The van der Waals surface area contributed by atoms with Crippen molar-refractivity contribution < 1.29 is 23.6 Å². The molecular weight excluding hydrogens is 409 g/mol. The van der Waals surface area contributed by atoms with E-state index >= 15 is 0 Å². The topological polar surface area (TPSA) is 88.3 Å². The van der Waals surface area contributed by atoms with Crippen LogP contribution in [-0.4, -0.2) is 56.7 Å². The van der Waals surface area contributed by atoms with Crippen LogP contribution in [0.5, 0.6) is 5.88 Å². The number of rotatable bonds is 4. The Hall–Kier alpha value is -3.24. The molecule has 4 aromatic rings. The van der Waals surface area contributed by atoms with Crippen LogP contribution in [0.4, 0.5) is 4.39 Å². The lowest BCUT2D eigenvalue weighted by molar-refractivity contribution is -0.929. The molecule has 1 saturated heterocycles. The van der Waals surface area contributed by atoms with Gasteiger partial charge in [0, 0.05) is 5.56 Å². The van der Waals surface area contributed by atoms with Crippen molar-refractivity contribution in [3.05, 3.63) is 71.0 Å². The second-order valence-electron chi connectivity index (χ2n) is 7.16. The highest BCUT2D eigenvalue weighted by Gasteiger charge is 2.36. The number of aromatic hydroxyl groups is 1. The van der Waals surface area contributed by atoms with Crippen LogP contribution in [-0.2, 0) is 0 Å². The Morgan fingerprint density at radius 2 is 2.00 bits per heavy atom. The number of carbonyl (C=O) groups excluding carboxylic acids is 1. The van der Waals surface area contributed by atoms with Gasteiger partial charge in [-0.05, 0) is 36.4 Å². The van der Waals surface area contributed by atoms with E-state index in [0.717, 1.165) is 10.4 Å². The highest BCUT2D eigenvalue weighted by molar-refractivity contribution is 7.17. The summed E-state index contributed by atoms with van der Waals surface area (Å²) in [4.78, 5) is 21.0. The maximum absolute atomic E-state index is 13.5. The van der Waals surface area contributed by atoms with E-state index in [4.69, 9.17) is 4.42 Å². The fourth-order valence-electron chi connectivity index (χ4n) is 3.95. The van der Waals surface area contributed by atoms with Crippen molar-refractivity contribution in [3.63, 3.8) is 0 Å². The van der Waals surface area contributed by atoms with E-state index in [-0.39, 0.29) is 23.6 Å². The average Bonchev–Trinajstić information content (AvgIpc) is 3.50. The van der Waals surface area contributed by atoms with Gasteiger partial charge in [-0.1, -0.05) is 11.3 Å². The molecule has 154 valence electrons. The number of amides is 1. The largest absolute Gasteiger partial charge is 0.492 e. The van der Waals surface area contributed by atoms with Gasteiger partial charge in [0.05, 0.1) is 32.4 Å². The Morgan fingerprint density at radius 3 is 2.67 bits per heavy atom. The van der Waals surface area contributed by atoms with Crippen LogP contribution in [0.1, 0.15) is 27.0 Å². The Morgan fingerprint density at radius 1 is 1.23 bits per heavy atom. The number of aromatic nitrogens is 3. The fourth-order valence-corrected chi connectivity index (χ4v) is 5.07. The zero-order chi connectivity index (χ0) is 20.7. The molecule has 1 aromatic carbocycles. The zero-order valence-corrected chi connectivity index (χ0v) is 16.7. The van der Waals surface area contributed by atoms with E-state index in [2.05, 4.69) is 10.1 Å². The van der Waals surface area contributed by atoms with Gasteiger partial charge in [0.2, 0.25) is 10.8 Å². The molecule has 0 spiro atoms. The summed E-state index contributed by atoms with van der Waals surface area (Å²) in [6.07, 6.45) is 2.89. The normalized spacial score (nSPS) is 16.2. The van der Waals surface area contributed by atoms with Crippen LogP contribution in [0.2, 0.25) is 0 Å². The Balaban J connectivity index is 1.44. The van der Waals surface area contributed by atoms with Gasteiger partial charge < -0.3 is 19.3 Å². The average molecular weight is 428 g/mol. The first-order valence-corrected chi connectivity index (χ1v) is 10.4. The molecule has 1 atom stereocenters. The van der Waals surface area contributed by atoms with E-state index < -0.39 is 0 Å². The molecule has 0 radical (unpaired) electrons. The van der Waals surface area contributed by atoms with Crippen molar-refractivity contribution in [2.45, 2.75) is 6.04 Å². The molecule has 8 nitrogen and oxygen atoms in total. The highest BCUT2D eigenvalue weighted by Crippen LogP contribution is 2.34. The molecule has 10 heteroatoms. The molecular formula is C20H19FN5O3S+. The van der Waals surface area contributed by atoms with Crippen LogP contribution in [0, 0.1) is 5.82 Å². The SMILES string of the molecule is O=C(c1ccco1)N1CC[NH+]([C@@H](c2ccc(F)cc2)c2sc3ncnn3c2O)CC1. The number of carbonyl (C=O) groups is 1. The minimum atomic E-state index is -0.312. The molecule has 0 aliphatic carbocycles. The van der Waals surface area contributed by atoms with Gasteiger partial charge in [-0.3, -0.25) is 4.79 Å². The molecule has 4 heterocycles. The third kappa shape index (κ3) is 3.23. The number of benzene rings is 1. The lowest BCUT2D eigenvalue weighted by Crippen LogP contribution is -3.15. The zero-order valence-electron chi connectivity index (χ0n) is 15.9. The molecule has 0 saturated carbocycles. The summed E-state index contributed by atoms with van der Waals surface area (Å²) in [7, 11) is 0. The van der Waals surface area contributed by atoms with Crippen molar-refractivity contribution in [3.8, 4) is 5.88 Å². The van der Waals surface area contributed by atoms with Crippen molar-refractivity contribution in [1.82, 2.24) is 19.5 Å². The first-order chi connectivity index (χ1) is 14.6. The highest BCUT2D eigenvalue weighted by atomic mass is 32.1. The fraction of sp³-hybridized carbons (Fsp3) is 0.250. The van der Waals surface area contributed by atoms with Gasteiger partial charge in [-0.15, -0.1) is 0 Å². The molecule has 0 bridgehead atoms. The van der Waals surface area contributed by atoms with Crippen molar-refractivity contribution in [2.75, 3.05) is 26.2 Å². The van der Waals surface area contributed by atoms with Gasteiger partial charge in [0.1, 0.15) is 17.0 Å². The second kappa shape index (κ2) is 7.54. The number of piperazine rings is 1. The van der Waals surface area contributed by atoms with E-state index in [1.165, 1.54) is 45.5 Å². The number of thiazole rings is 1. The number of halogens is 1. The maximum atomic E-state index is 13.5. The summed E-state index contributed by atoms with van der Waals surface area (Å²) < 4.78 is 20.2. The summed E-state index contributed by atoms with van der Waals surface area (Å²) in [5.74, 6) is -0.0626. The number of quaternary nitrogens is 1.